The van der Waals surface area contributed by atoms with Crippen LogP contribution in [0.4, 0.5) is 5.69 Å². The van der Waals surface area contributed by atoms with Crippen molar-refractivity contribution in [1.29, 1.82) is 0 Å². The van der Waals surface area contributed by atoms with Crippen LogP contribution in [0.25, 0.3) is 10.8 Å². The van der Waals surface area contributed by atoms with E-state index in [1.807, 2.05) is 12.1 Å². The summed E-state index contributed by atoms with van der Waals surface area (Å²) in [6, 6.07) is 12.6. The number of carbonyl (C=O) groups excluding carboxylic acids is 1. The standard InChI is InChI=1S/C22H21N3O4/c26-20(13-17-15-6-2-3-7-16(15)21(27)25-24-17)23-14-8-9-18-19(12-14)29-22(28-18)10-4-1-5-11-22/h2-3,6-9,12H,1,4-5,10-11,13H2,(H,23,26)(H,25,27). The lowest BCUT2D eigenvalue weighted by atomic mass is 9.94. The predicted molar refractivity (Wildman–Crippen MR) is 108 cm³/mol. The summed E-state index contributed by atoms with van der Waals surface area (Å²) in [5, 5.41) is 10.6. The largest absolute Gasteiger partial charge is 0.448 e. The molecule has 0 atom stereocenters. The number of nitrogens with zero attached hydrogens (tertiary/aromatic N) is 1. The second-order valence-corrected chi connectivity index (χ2v) is 7.61. The number of fused-ring (bicyclic) bond motifs is 2. The molecule has 1 aromatic heterocycles. The predicted octanol–water partition coefficient (Wildman–Crippen LogP) is 3.54. The molecule has 0 bridgehead atoms. The first-order chi connectivity index (χ1) is 14.1. The highest BCUT2D eigenvalue weighted by molar-refractivity contribution is 5.95. The van der Waals surface area contributed by atoms with Crippen LogP contribution in [-0.2, 0) is 11.2 Å². The molecule has 1 fully saturated rings. The molecular formula is C22H21N3O4. The lowest BCUT2D eigenvalue weighted by molar-refractivity contribution is -0.115. The molecule has 3 aromatic rings. The second kappa shape index (κ2) is 6.92. The van der Waals surface area contributed by atoms with Gasteiger partial charge in [0.2, 0.25) is 5.91 Å². The highest BCUT2D eigenvalue weighted by Crippen LogP contribution is 2.46. The summed E-state index contributed by atoms with van der Waals surface area (Å²) in [6.45, 7) is 0. The summed E-state index contributed by atoms with van der Waals surface area (Å²) >= 11 is 0. The van der Waals surface area contributed by atoms with Crippen molar-refractivity contribution in [2.45, 2.75) is 44.3 Å². The molecule has 0 unspecified atom stereocenters. The molecule has 2 aliphatic rings. The van der Waals surface area contributed by atoms with Gasteiger partial charge in [-0.2, -0.15) is 5.10 Å². The van der Waals surface area contributed by atoms with Crippen molar-refractivity contribution in [1.82, 2.24) is 10.2 Å². The number of anilines is 1. The first-order valence-corrected chi connectivity index (χ1v) is 9.90. The number of hydrogen-bond donors (Lipinski definition) is 2. The quantitative estimate of drug-likeness (QED) is 0.712. The fourth-order valence-corrected chi connectivity index (χ4v) is 4.13. The van der Waals surface area contributed by atoms with Crippen molar-refractivity contribution in [3.8, 4) is 11.5 Å². The Morgan fingerprint density at radius 1 is 1.03 bits per heavy atom. The number of amides is 1. The molecule has 29 heavy (non-hydrogen) atoms. The lowest BCUT2D eigenvalue weighted by Gasteiger charge is -2.31. The van der Waals surface area contributed by atoms with Gasteiger partial charge in [-0.05, 0) is 31.0 Å². The summed E-state index contributed by atoms with van der Waals surface area (Å²) in [5.74, 6) is 0.624. The van der Waals surface area contributed by atoms with Gasteiger partial charge in [0.25, 0.3) is 11.3 Å². The van der Waals surface area contributed by atoms with E-state index >= 15 is 0 Å². The van der Waals surface area contributed by atoms with E-state index in [-0.39, 0.29) is 17.9 Å². The van der Waals surface area contributed by atoms with E-state index in [9.17, 15) is 9.59 Å². The van der Waals surface area contributed by atoms with Crippen LogP contribution in [0.1, 0.15) is 37.8 Å². The molecule has 2 aromatic carbocycles. The second-order valence-electron chi connectivity index (χ2n) is 7.61. The molecule has 2 N–H and O–H groups in total. The van der Waals surface area contributed by atoms with Crippen molar-refractivity contribution in [3.63, 3.8) is 0 Å². The summed E-state index contributed by atoms with van der Waals surface area (Å²) < 4.78 is 12.2. The van der Waals surface area contributed by atoms with E-state index in [2.05, 4.69) is 15.5 Å². The Bertz CT molecular complexity index is 1150. The number of H-pyrrole nitrogens is 1. The summed E-state index contributed by atoms with van der Waals surface area (Å²) in [6.07, 6.45) is 5.22. The highest BCUT2D eigenvalue weighted by Gasteiger charge is 2.42. The zero-order chi connectivity index (χ0) is 19.8. The van der Waals surface area contributed by atoms with E-state index in [1.54, 1.807) is 30.3 Å². The van der Waals surface area contributed by atoms with Crippen LogP contribution in [0.15, 0.2) is 47.3 Å². The molecule has 7 heteroatoms. The Labute approximate surface area is 167 Å². The van der Waals surface area contributed by atoms with Crippen molar-refractivity contribution in [3.05, 3.63) is 58.5 Å². The third-order valence-electron chi connectivity index (χ3n) is 5.54. The number of benzene rings is 2. The molecule has 1 amide bonds. The van der Waals surface area contributed by atoms with Crippen LogP contribution in [0.3, 0.4) is 0 Å². The number of hydrogen-bond acceptors (Lipinski definition) is 5. The molecule has 1 spiro atoms. The average molecular weight is 391 g/mol. The van der Waals surface area contributed by atoms with Gasteiger partial charge in [-0.3, -0.25) is 9.59 Å². The monoisotopic (exact) mass is 391 g/mol. The van der Waals surface area contributed by atoms with Crippen molar-refractivity contribution < 1.29 is 14.3 Å². The summed E-state index contributed by atoms with van der Waals surface area (Å²) in [4.78, 5) is 24.5. The van der Waals surface area contributed by atoms with Gasteiger partial charge in [0.05, 0.1) is 17.5 Å². The van der Waals surface area contributed by atoms with E-state index in [0.29, 0.717) is 27.9 Å². The maximum absolute atomic E-state index is 12.6. The van der Waals surface area contributed by atoms with Gasteiger partial charge in [0, 0.05) is 30.0 Å². The fraction of sp³-hybridized carbons (Fsp3) is 0.318. The van der Waals surface area contributed by atoms with Gasteiger partial charge in [0.15, 0.2) is 11.5 Å². The van der Waals surface area contributed by atoms with Crippen molar-refractivity contribution in [2.24, 2.45) is 0 Å². The van der Waals surface area contributed by atoms with E-state index in [4.69, 9.17) is 9.47 Å². The number of rotatable bonds is 3. The molecule has 148 valence electrons. The van der Waals surface area contributed by atoms with Crippen LogP contribution in [0.2, 0.25) is 0 Å². The van der Waals surface area contributed by atoms with Gasteiger partial charge >= 0.3 is 0 Å². The molecule has 7 nitrogen and oxygen atoms in total. The smallest absolute Gasteiger partial charge is 0.272 e. The maximum atomic E-state index is 12.6. The van der Waals surface area contributed by atoms with Crippen LogP contribution in [0.5, 0.6) is 11.5 Å². The summed E-state index contributed by atoms with van der Waals surface area (Å²) in [5.41, 5.74) is 0.899. The van der Waals surface area contributed by atoms with Crippen LogP contribution in [-0.4, -0.2) is 21.9 Å². The molecule has 0 radical (unpaired) electrons. The van der Waals surface area contributed by atoms with Gasteiger partial charge in [-0.1, -0.05) is 24.6 Å². The molecule has 0 saturated heterocycles. The lowest BCUT2D eigenvalue weighted by Crippen LogP contribution is -2.40. The van der Waals surface area contributed by atoms with Gasteiger partial charge in [-0.25, -0.2) is 5.10 Å². The number of carbonyl (C=O) groups is 1. The first-order valence-electron chi connectivity index (χ1n) is 9.90. The van der Waals surface area contributed by atoms with Crippen molar-refractivity contribution >= 4 is 22.4 Å². The third-order valence-corrected chi connectivity index (χ3v) is 5.54. The number of aromatic amines is 1. The summed E-state index contributed by atoms with van der Waals surface area (Å²) in [7, 11) is 0. The minimum atomic E-state index is -0.540. The van der Waals surface area contributed by atoms with Crippen LogP contribution >= 0.6 is 0 Å². The minimum Gasteiger partial charge on any atom is -0.448 e. The van der Waals surface area contributed by atoms with E-state index in [1.165, 1.54) is 6.42 Å². The topological polar surface area (TPSA) is 93.3 Å². The van der Waals surface area contributed by atoms with Crippen LogP contribution < -0.4 is 20.3 Å². The molecule has 5 rings (SSSR count). The Morgan fingerprint density at radius 2 is 1.79 bits per heavy atom. The fourth-order valence-electron chi connectivity index (χ4n) is 4.13. The Hall–Kier alpha value is -3.35. The zero-order valence-electron chi connectivity index (χ0n) is 15.9. The SMILES string of the molecule is O=C(Cc1n[nH]c(=O)c2ccccc12)Nc1ccc2c(c1)OC1(CCCCC1)O2. The van der Waals surface area contributed by atoms with Gasteiger partial charge in [-0.15, -0.1) is 0 Å². The molecular weight excluding hydrogens is 370 g/mol. The molecule has 1 aliphatic carbocycles. The van der Waals surface area contributed by atoms with E-state index in [0.717, 1.165) is 31.4 Å². The molecule has 2 heterocycles. The molecule has 1 aliphatic heterocycles. The number of nitrogens with one attached hydrogen (secondary N) is 2. The third kappa shape index (κ3) is 3.33. The van der Waals surface area contributed by atoms with Gasteiger partial charge < -0.3 is 14.8 Å². The molecule has 1 saturated carbocycles. The Balaban J connectivity index is 1.32. The van der Waals surface area contributed by atoms with Crippen LogP contribution in [0, 0.1) is 0 Å². The zero-order valence-corrected chi connectivity index (χ0v) is 15.9. The minimum absolute atomic E-state index is 0.0513. The van der Waals surface area contributed by atoms with Gasteiger partial charge in [0.1, 0.15) is 0 Å². The average Bonchev–Trinajstić information content (AvgIpc) is 3.07. The number of ether oxygens (including phenoxy) is 2. The Kier molecular flexibility index (Phi) is 4.23. The maximum Gasteiger partial charge on any atom is 0.272 e. The number of aromatic nitrogens is 2. The normalized spacial score (nSPS) is 16.8. The first kappa shape index (κ1) is 17.7. The van der Waals surface area contributed by atoms with Crippen molar-refractivity contribution in [2.75, 3.05) is 5.32 Å². The Morgan fingerprint density at radius 3 is 2.62 bits per heavy atom. The van der Waals surface area contributed by atoms with E-state index < -0.39 is 5.79 Å². The highest BCUT2D eigenvalue weighted by atomic mass is 16.7.